The van der Waals surface area contributed by atoms with Crippen molar-refractivity contribution in [3.63, 3.8) is 0 Å². The Balaban J connectivity index is 2.47. The van der Waals surface area contributed by atoms with E-state index in [-0.39, 0.29) is 18.8 Å². The number of hydrogen-bond donors (Lipinski definition) is 1. The second kappa shape index (κ2) is 12.7. The highest BCUT2D eigenvalue weighted by Gasteiger charge is 2.60. The van der Waals surface area contributed by atoms with Crippen molar-refractivity contribution in [1.82, 2.24) is 5.32 Å². The first-order valence-corrected chi connectivity index (χ1v) is 13.1. The lowest BCUT2D eigenvalue weighted by atomic mass is 9.77. The van der Waals surface area contributed by atoms with E-state index in [0.717, 1.165) is 12.8 Å². The minimum absolute atomic E-state index is 0.0123. The Morgan fingerprint density at radius 3 is 2.25 bits per heavy atom. The van der Waals surface area contributed by atoms with Crippen LogP contribution in [0.4, 0.5) is 4.79 Å². The third-order valence-electron chi connectivity index (χ3n) is 6.36. The fraction of sp³-hybridized carbons (Fsp3) is 0.852. The third kappa shape index (κ3) is 8.16. The Kier molecular flexibility index (Phi) is 10.8. The first-order chi connectivity index (χ1) is 16.8. The van der Waals surface area contributed by atoms with Crippen molar-refractivity contribution >= 4 is 12.1 Å². The lowest BCUT2D eigenvalue weighted by Crippen LogP contribution is -2.66. The minimum atomic E-state index is -0.925. The normalized spacial score (nSPS) is 26.1. The topological polar surface area (TPSA) is 102 Å². The summed E-state index contributed by atoms with van der Waals surface area (Å²) in [5.74, 6) is -0.685. The zero-order valence-electron chi connectivity index (χ0n) is 23.6. The summed E-state index contributed by atoms with van der Waals surface area (Å²) >= 11 is 0. The number of rotatable bonds is 12. The second-order valence-corrected chi connectivity index (χ2v) is 11.5. The molecule has 2 aliphatic rings. The predicted molar refractivity (Wildman–Crippen MR) is 136 cm³/mol. The molecule has 2 rings (SSSR count). The van der Waals surface area contributed by atoms with Crippen LogP contribution in [0.3, 0.4) is 0 Å². The van der Waals surface area contributed by atoms with E-state index in [1.165, 1.54) is 0 Å². The fourth-order valence-corrected chi connectivity index (χ4v) is 4.80. The molecular weight excluding hydrogens is 466 g/mol. The van der Waals surface area contributed by atoms with Gasteiger partial charge in [-0.25, -0.2) is 9.59 Å². The SMILES string of the molecule is CCC(CC)O[C@@H]1C=C(C(=O)OC(C)(C)C)[C@@H]2CC[C@@]1(NC(=O)OC(C)(C)C)[C@H]2OCOCCOC. The largest absolute Gasteiger partial charge is 0.457 e. The van der Waals surface area contributed by atoms with Crippen LogP contribution in [0.1, 0.15) is 81.1 Å². The van der Waals surface area contributed by atoms with Gasteiger partial charge in [0.1, 0.15) is 24.1 Å². The molecule has 0 aromatic carbocycles. The van der Waals surface area contributed by atoms with Gasteiger partial charge in [0, 0.05) is 18.6 Å². The number of fused-ring (bicyclic) bond motifs is 2. The van der Waals surface area contributed by atoms with E-state index >= 15 is 0 Å². The lowest BCUT2D eigenvalue weighted by Gasteiger charge is -2.46. The molecule has 0 saturated heterocycles. The van der Waals surface area contributed by atoms with Gasteiger partial charge in [-0.15, -0.1) is 0 Å². The number of carbonyl (C=O) groups excluding carboxylic acids is 2. The fourth-order valence-electron chi connectivity index (χ4n) is 4.80. The van der Waals surface area contributed by atoms with E-state index in [2.05, 4.69) is 19.2 Å². The highest BCUT2D eigenvalue weighted by Crippen LogP contribution is 2.49. The maximum atomic E-state index is 13.3. The number of hydrogen-bond acceptors (Lipinski definition) is 8. The van der Waals surface area contributed by atoms with Gasteiger partial charge in [-0.2, -0.15) is 0 Å². The van der Waals surface area contributed by atoms with Crippen LogP contribution in [0.25, 0.3) is 0 Å². The summed E-state index contributed by atoms with van der Waals surface area (Å²) in [5, 5.41) is 3.11. The zero-order chi connectivity index (χ0) is 27.1. The number of ether oxygens (including phenoxy) is 6. The van der Waals surface area contributed by atoms with Crippen molar-refractivity contribution in [2.45, 2.75) is 116 Å². The molecule has 36 heavy (non-hydrogen) atoms. The molecule has 0 aliphatic heterocycles. The lowest BCUT2D eigenvalue weighted by molar-refractivity contribution is -0.162. The molecule has 0 heterocycles. The Morgan fingerprint density at radius 2 is 1.69 bits per heavy atom. The molecule has 208 valence electrons. The van der Waals surface area contributed by atoms with Crippen LogP contribution in [0.15, 0.2) is 11.6 Å². The molecule has 0 aromatic rings. The van der Waals surface area contributed by atoms with Crippen molar-refractivity contribution in [2.24, 2.45) is 5.92 Å². The van der Waals surface area contributed by atoms with Crippen molar-refractivity contribution < 1.29 is 38.0 Å². The molecule has 0 aromatic heterocycles. The molecule has 2 aliphatic carbocycles. The Morgan fingerprint density at radius 1 is 1.06 bits per heavy atom. The molecule has 9 heteroatoms. The summed E-state index contributed by atoms with van der Waals surface area (Å²) in [7, 11) is 1.60. The molecule has 0 radical (unpaired) electrons. The predicted octanol–water partition coefficient (Wildman–Crippen LogP) is 4.52. The number of nitrogens with one attached hydrogen (secondary N) is 1. The van der Waals surface area contributed by atoms with Gasteiger partial charge in [0.15, 0.2) is 0 Å². The molecule has 1 fully saturated rings. The van der Waals surface area contributed by atoms with E-state index in [9.17, 15) is 9.59 Å². The van der Waals surface area contributed by atoms with Crippen LogP contribution in [0.2, 0.25) is 0 Å². The van der Waals surface area contributed by atoms with Gasteiger partial charge in [0.2, 0.25) is 0 Å². The monoisotopic (exact) mass is 513 g/mol. The smallest absolute Gasteiger partial charge is 0.408 e. The Bertz CT molecular complexity index is 765. The van der Waals surface area contributed by atoms with Gasteiger partial charge in [0.25, 0.3) is 0 Å². The summed E-state index contributed by atoms with van der Waals surface area (Å²) in [4.78, 5) is 26.3. The summed E-state index contributed by atoms with van der Waals surface area (Å²) in [6.07, 6.45) is 2.79. The Hall–Kier alpha value is -1.68. The van der Waals surface area contributed by atoms with Gasteiger partial charge in [-0.05, 0) is 73.3 Å². The first kappa shape index (κ1) is 30.5. The minimum Gasteiger partial charge on any atom is -0.457 e. The quantitative estimate of drug-likeness (QED) is 0.231. The van der Waals surface area contributed by atoms with E-state index < -0.39 is 41.0 Å². The van der Waals surface area contributed by atoms with E-state index in [0.29, 0.717) is 31.6 Å². The van der Waals surface area contributed by atoms with Gasteiger partial charge in [-0.1, -0.05) is 13.8 Å². The molecule has 1 amide bonds. The number of amides is 1. The van der Waals surface area contributed by atoms with Crippen molar-refractivity contribution in [3.8, 4) is 0 Å². The van der Waals surface area contributed by atoms with Crippen LogP contribution in [-0.4, -0.2) is 74.2 Å². The number of alkyl carbamates (subject to hydrolysis) is 1. The third-order valence-corrected chi connectivity index (χ3v) is 6.36. The van der Waals surface area contributed by atoms with Gasteiger partial charge in [0.05, 0.1) is 31.0 Å². The summed E-state index contributed by atoms with van der Waals surface area (Å²) < 4.78 is 34.8. The highest BCUT2D eigenvalue weighted by atomic mass is 16.7. The summed E-state index contributed by atoms with van der Waals surface area (Å²) in [6, 6.07) is 0. The number of methoxy groups -OCH3 is 1. The van der Waals surface area contributed by atoms with E-state index in [4.69, 9.17) is 28.4 Å². The maximum absolute atomic E-state index is 13.3. The van der Waals surface area contributed by atoms with Crippen molar-refractivity contribution in [2.75, 3.05) is 27.1 Å². The number of carbonyl (C=O) groups is 2. The average Bonchev–Trinajstić information content (AvgIpc) is 3.01. The number of esters is 1. The van der Waals surface area contributed by atoms with Crippen LogP contribution in [0.5, 0.6) is 0 Å². The zero-order valence-corrected chi connectivity index (χ0v) is 23.6. The van der Waals surface area contributed by atoms with Crippen molar-refractivity contribution in [3.05, 3.63) is 11.6 Å². The molecule has 4 atom stereocenters. The standard InChI is InChI=1S/C27H47NO8/c1-10-18(11-2)34-21-16-20(23(29)35-25(3,4)5)19-12-13-27(21,28-24(30)36-26(6,7)8)22(19)33-17-32-15-14-31-9/h16,18-19,21-22H,10-15,17H2,1-9H3,(H,28,30)/t19-,21+,22-,27-/m0/s1. The van der Waals surface area contributed by atoms with Gasteiger partial charge >= 0.3 is 12.1 Å². The highest BCUT2D eigenvalue weighted by molar-refractivity contribution is 5.90. The second-order valence-electron chi connectivity index (χ2n) is 11.5. The van der Waals surface area contributed by atoms with Crippen LogP contribution in [-0.2, 0) is 33.2 Å². The van der Waals surface area contributed by atoms with Crippen LogP contribution in [0, 0.1) is 5.92 Å². The van der Waals surface area contributed by atoms with Gasteiger partial charge < -0.3 is 33.7 Å². The molecule has 0 spiro atoms. The Labute approximate surface area is 216 Å². The molecule has 0 unspecified atom stereocenters. The van der Waals surface area contributed by atoms with E-state index in [1.807, 2.05) is 47.6 Å². The molecule has 1 saturated carbocycles. The molecule has 9 nitrogen and oxygen atoms in total. The van der Waals surface area contributed by atoms with Gasteiger partial charge in [-0.3, -0.25) is 0 Å². The summed E-state index contributed by atoms with van der Waals surface area (Å²) in [6.45, 7) is 15.9. The maximum Gasteiger partial charge on any atom is 0.408 e. The molecular formula is C27H47NO8. The van der Waals surface area contributed by atoms with Crippen LogP contribution >= 0.6 is 0 Å². The van der Waals surface area contributed by atoms with Crippen LogP contribution < -0.4 is 5.32 Å². The molecule has 1 N–H and O–H groups in total. The van der Waals surface area contributed by atoms with E-state index in [1.54, 1.807) is 7.11 Å². The average molecular weight is 514 g/mol. The first-order valence-electron chi connectivity index (χ1n) is 13.1. The summed E-state index contributed by atoms with van der Waals surface area (Å²) in [5.41, 5.74) is -1.73. The molecule has 2 bridgehead atoms. The van der Waals surface area contributed by atoms with Crippen molar-refractivity contribution in [1.29, 1.82) is 0 Å².